The van der Waals surface area contributed by atoms with Gasteiger partial charge >= 0.3 is 0 Å². The monoisotopic (exact) mass is 245 g/mol. The Balaban J connectivity index is 2.21. The van der Waals surface area contributed by atoms with Crippen molar-refractivity contribution >= 4 is 11.6 Å². The molecule has 1 unspecified atom stereocenters. The molecule has 0 spiro atoms. The SMILES string of the molecule is NCC(F)(Cc1cc(F)ccc1Cl)C1CC1. The van der Waals surface area contributed by atoms with Gasteiger partial charge in [-0.25, -0.2) is 8.78 Å². The standard InChI is InChI=1S/C12H14ClF2N/c13-11-4-3-10(14)5-8(11)6-12(15,7-16)9-1-2-9/h3-5,9H,1-2,6-7,16H2. The molecule has 2 N–H and O–H groups in total. The maximum absolute atomic E-state index is 14.4. The first kappa shape index (κ1) is 11.8. The van der Waals surface area contributed by atoms with E-state index in [9.17, 15) is 8.78 Å². The van der Waals surface area contributed by atoms with E-state index < -0.39 is 11.5 Å². The van der Waals surface area contributed by atoms with E-state index in [1.54, 1.807) is 0 Å². The summed E-state index contributed by atoms with van der Waals surface area (Å²) < 4.78 is 27.4. The minimum Gasteiger partial charge on any atom is -0.328 e. The second-order valence-corrected chi connectivity index (χ2v) is 4.83. The summed E-state index contributed by atoms with van der Waals surface area (Å²) in [5.41, 5.74) is 4.54. The first-order valence-corrected chi connectivity index (χ1v) is 5.76. The maximum Gasteiger partial charge on any atom is 0.130 e. The Morgan fingerprint density at radius 2 is 2.12 bits per heavy atom. The van der Waals surface area contributed by atoms with Crippen LogP contribution in [0.5, 0.6) is 0 Å². The van der Waals surface area contributed by atoms with Crippen molar-refractivity contribution in [2.45, 2.75) is 24.9 Å². The van der Waals surface area contributed by atoms with Crippen LogP contribution >= 0.6 is 11.6 Å². The van der Waals surface area contributed by atoms with Gasteiger partial charge in [-0.15, -0.1) is 0 Å². The van der Waals surface area contributed by atoms with Crippen LogP contribution in [-0.2, 0) is 6.42 Å². The molecular formula is C12H14ClF2N. The van der Waals surface area contributed by atoms with Gasteiger partial charge in [0.05, 0.1) is 0 Å². The molecule has 2 rings (SSSR count). The third-order valence-corrected chi connectivity index (χ3v) is 3.51. The highest BCUT2D eigenvalue weighted by atomic mass is 35.5. The minimum atomic E-state index is -1.43. The number of hydrogen-bond acceptors (Lipinski definition) is 1. The first-order chi connectivity index (χ1) is 7.55. The average molecular weight is 246 g/mol. The fraction of sp³-hybridized carbons (Fsp3) is 0.500. The van der Waals surface area contributed by atoms with Crippen molar-refractivity contribution in [1.29, 1.82) is 0 Å². The number of benzene rings is 1. The zero-order valence-corrected chi connectivity index (χ0v) is 9.61. The molecule has 0 aliphatic heterocycles. The molecule has 16 heavy (non-hydrogen) atoms. The van der Waals surface area contributed by atoms with Crippen molar-refractivity contribution < 1.29 is 8.78 Å². The largest absolute Gasteiger partial charge is 0.328 e. The predicted octanol–water partition coefficient (Wildman–Crippen LogP) is 3.10. The molecule has 0 heterocycles. The number of hydrogen-bond donors (Lipinski definition) is 1. The van der Waals surface area contributed by atoms with Crippen molar-refractivity contribution in [3.05, 3.63) is 34.6 Å². The predicted molar refractivity (Wildman–Crippen MR) is 60.7 cm³/mol. The second kappa shape index (κ2) is 4.30. The summed E-state index contributed by atoms with van der Waals surface area (Å²) in [5, 5.41) is 0.400. The summed E-state index contributed by atoms with van der Waals surface area (Å²) in [6.45, 7) is -0.0372. The Kier molecular flexibility index (Phi) is 3.17. The molecular weight excluding hydrogens is 232 g/mol. The van der Waals surface area contributed by atoms with Gasteiger partial charge in [0.2, 0.25) is 0 Å². The smallest absolute Gasteiger partial charge is 0.130 e. The summed E-state index contributed by atoms with van der Waals surface area (Å²) in [6, 6.07) is 4.01. The quantitative estimate of drug-likeness (QED) is 0.867. The van der Waals surface area contributed by atoms with E-state index in [0.717, 1.165) is 12.8 Å². The van der Waals surface area contributed by atoms with E-state index in [4.69, 9.17) is 17.3 Å². The van der Waals surface area contributed by atoms with E-state index in [0.29, 0.717) is 10.6 Å². The highest BCUT2D eigenvalue weighted by Gasteiger charge is 2.45. The molecule has 1 atom stereocenters. The Labute approximate surface area is 98.6 Å². The van der Waals surface area contributed by atoms with Crippen molar-refractivity contribution in [3.8, 4) is 0 Å². The van der Waals surface area contributed by atoms with Gasteiger partial charge in [-0.3, -0.25) is 0 Å². The van der Waals surface area contributed by atoms with Crippen molar-refractivity contribution in [3.63, 3.8) is 0 Å². The van der Waals surface area contributed by atoms with Crippen LogP contribution < -0.4 is 5.73 Å². The lowest BCUT2D eigenvalue weighted by Crippen LogP contribution is -2.37. The van der Waals surface area contributed by atoms with Gasteiger partial charge in [0.25, 0.3) is 0 Å². The molecule has 1 nitrogen and oxygen atoms in total. The molecule has 1 aliphatic carbocycles. The van der Waals surface area contributed by atoms with Gasteiger partial charge in [0.1, 0.15) is 11.5 Å². The lowest BCUT2D eigenvalue weighted by molar-refractivity contribution is 0.142. The van der Waals surface area contributed by atoms with Crippen molar-refractivity contribution in [1.82, 2.24) is 0 Å². The molecule has 0 aromatic heterocycles. The Bertz CT molecular complexity index is 393. The van der Waals surface area contributed by atoms with Crippen molar-refractivity contribution in [2.24, 2.45) is 11.7 Å². The van der Waals surface area contributed by atoms with Gasteiger partial charge in [0.15, 0.2) is 0 Å². The normalized spacial score (nSPS) is 19.5. The van der Waals surface area contributed by atoms with Crippen LogP contribution in [0.4, 0.5) is 8.78 Å². The summed E-state index contributed by atoms with van der Waals surface area (Å²) in [4.78, 5) is 0. The molecule has 0 radical (unpaired) electrons. The van der Waals surface area contributed by atoms with Crippen LogP contribution in [0.1, 0.15) is 18.4 Å². The minimum absolute atomic E-state index is 0.0110. The lowest BCUT2D eigenvalue weighted by atomic mass is 9.91. The van der Waals surface area contributed by atoms with Crippen LogP contribution in [-0.4, -0.2) is 12.2 Å². The van der Waals surface area contributed by atoms with Crippen LogP contribution in [0.2, 0.25) is 5.02 Å². The molecule has 1 aromatic carbocycles. The molecule has 1 aliphatic rings. The van der Waals surface area contributed by atoms with Gasteiger partial charge in [-0.2, -0.15) is 0 Å². The van der Waals surface area contributed by atoms with Gasteiger partial charge in [0, 0.05) is 18.0 Å². The Morgan fingerprint density at radius 3 is 2.69 bits per heavy atom. The molecule has 1 saturated carbocycles. The van der Waals surface area contributed by atoms with Crippen LogP contribution in [0, 0.1) is 11.7 Å². The zero-order chi connectivity index (χ0) is 11.8. The summed E-state index contributed by atoms with van der Waals surface area (Å²) in [5.74, 6) is -0.383. The second-order valence-electron chi connectivity index (χ2n) is 4.43. The third-order valence-electron chi connectivity index (χ3n) is 3.14. The van der Waals surface area contributed by atoms with Gasteiger partial charge in [-0.05, 0) is 42.5 Å². The molecule has 1 aromatic rings. The van der Waals surface area contributed by atoms with E-state index in [1.807, 2.05) is 0 Å². The lowest BCUT2D eigenvalue weighted by Gasteiger charge is -2.24. The van der Waals surface area contributed by atoms with E-state index in [2.05, 4.69) is 0 Å². The summed E-state index contributed by atoms with van der Waals surface area (Å²) in [6.07, 6.45) is 1.83. The van der Waals surface area contributed by atoms with Crippen molar-refractivity contribution in [2.75, 3.05) is 6.54 Å². The zero-order valence-electron chi connectivity index (χ0n) is 8.85. The molecule has 0 saturated heterocycles. The number of rotatable bonds is 4. The topological polar surface area (TPSA) is 26.0 Å². The average Bonchev–Trinajstić information content (AvgIpc) is 3.07. The summed E-state index contributed by atoms with van der Waals surface area (Å²) in [7, 11) is 0. The highest BCUT2D eigenvalue weighted by Crippen LogP contribution is 2.44. The Hall–Kier alpha value is -0.670. The maximum atomic E-state index is 14.4. The number of nitrogens with two attached hydrogens (primary N) is 1. The molecule has 88 valence electrons. The van der Waals surface area contributed by atoms with Crippen LogP contribution in [0.3, 0.4) is 0 Å². The van der Waals surface area contributed by atoms with E-state index >= 15 is 0 Å². The van der Waals surface area contributed by atoms with Crippen LogP contribution in [0.15, 0.2) is 18.2 Å². The highest BCUT2D eigenvalue weighted by molar-refractivity contribution is 6.31. The molecule has 1 fully saturated rings. The third kappa shape index (κ3) is 2.36. The fourth-order valence-corrected chi connectivity index (χ4v) is 2.16. The first-order valence-electron chi connectivity index (χ1n) is 5.38. The molecule has 4 heteroatoms. The molecule has 0 bridgehead atoms. The summed E-state index contributed by atoms with van der Waals surface area (Å²) >= 11 is 5.91. The van der Waals surface area contributed by atoms with Crippen LogP contribution in [0.25, 0.3) is 0 Å². The number of alkyl halides is 1. The van der Waals surface area contributed by atoms with Gasteiger partial charge in [-0.1, -0.05) is 11.6 Å². The van der Waals surface area contributed by atoms with E-state index in [1.165, 1.54) is 18.2 Å². The van der Waals surface area contributed by atoms with Gasteiger partial charge < -0.3 is 5.73 Å². The Morgan fingerprint density at radius 1 is 1.44 bits per heavy atom. The fourth-order valence-electron chi connectivity index (χ4n) is 1.98. The number of halogens is 3. The van der Waals surface area contributed by atoms with E-state index in [-0.39, 0.29) is 18.9 Å². The molecule has 0 amide bonds.